The fourth-order valence-electron chi connectivity index (χ4n) is 4.71. The number of rotatable bonds is 13. The highest BCUT2D eigenvalue weighted by molar-refractivity contribution is 7.98. The van der Waals surface area contributed by atoms with E-state index >= 15 is 0 Å². The summed E-state index contributed by atoms with van der Waals surface area (Å²) in [6.07, 6.45) is 11.8. The van der Waals surface area contributed by atoms with E-state index in [1.165, 1.54) is 0 Å². The highest BCUT2D eigenvalue weighted by Gasteiger charge is 2.23. The number of carboxylic acids is 1. The van der Waals surface area contributed by atoms with Gasteiger partial charge < -0.3 is 20.4 Å². The maximum absolute atomic E-state index is 13.4. The number of benzene rings is 2. The Morgan fingerprint density at radius 1 is 0.974 bits per heavy atom. The van der Waals surface area contributed by atoms with Crippen LogP contribution >= 0.6 is 11.8 Å². The molecule has 0 aliphatic rings. The second-order valence-corrected chi connectivity index (χ2v) is 10.5. The van der Waals surface area contributed by atoms with Crippen molar-refractivity contribution in [2.75, 3.05) is 12.0 Å². The quantitative estimate of drug-likeness (QED) is 0.198. The van der Waals surface area contributed by atoms with Crippen molar-refractivity contribution < 1.29 is 14.7 Å². The van der Waals surface area contributed by atoms with Gasteiger partial charge in [0.1, 0.15) is 6.04 Å². The molecule has 1 unspecified atom stereocenters. The van der Waals surface area contributed by atoms with E-state index in [-0.39, 0.29) is 11.8 Å². The predicted molar refractivity (Wildman–Crippen MR) is 150 cm³/mol. The number of imidazole rings is 2. The van der Waals surface area contributed by atoms with Crippen molar-refractivity contribution in [3.05, 3.63) is 95.6 Å². The normalized spacial score (nSPS) is 12.0. The molecule has 1 amide bonds. The second kappa shape index (κ2) is 13.1. The van der Waals surface area contributed by atoms with Crippen LogP contribution in [0.2, 0.25) is 0 Å². The van der Waals surface area contributed by atoms with Crippen LogP contribution in [0.4, 0.5) is 0 Å². The van der Waals surface area contributed by atoms with E-state index in [9.17, 15) is 14.7 Å². The molecule has 0 fully saturated rings. The van der Waals surface area contributed by atoms with Crippen molar-refractivity contribution in [3.8, 4) is 11.1 Å². The topological polar surface area (TPSA) is 124 Å². The Bertz CT molecular complexity index is 1300. The molecule has 0 saturated carbocycles. The molecule has 4 rings (SSSR count). The molecule has 0 bridgehead atoms. The van der Waals surface area contributed by atoms with Gasteiger partial charge in [0.25, 0.3) is 5.91 Å². The summed E-state index contributed by atoms with van der Waals surface area (Å²) in [4.78, 5) is 39.9. The molecule has 0 radical (unpaired) electrons. The number of thioether (sulfide) groups is 1. The number of nitrogens with zero attached hydrogens (tertiary/aromatic N) is 2. The fraction of sp³-hybridized carbons (Fsp3) is 0.310. The maximum Gasteiger partial charge on any atom is 0.326 e. The first-order valence-electron chi connectivity index (χ1n) is 12.6. The van der Waals surface area contributed by atoms with Crippen LogP contribution in [-0.2, 0) is 24.1 Å². The lowest BCUT2D eigenvalue weighted by molar-refractivity contribution is -0.139. The van der Waals surface area contributed by atoms with Gasteiger partial charge in [0, 0.05) is 29.3 Å². The number of aromatic amines is 2. The molecule has 2 aromatic heterocycles. The number of aryl methyl sites for hydroxylation is 1. The monoisotopic (exact) mass is 531 g/mol. The average Bonchev–Trinajstić information content (AvgIpc) is 3.61. The molecule has 9 heteroatoms. The van der Waals surface area contributed by atoms with Gasteiger partial charge in [-0.05, 0) is 78.9 Å². The lowest BCUT2D eigenvalue weighted by Crippen LogP contribution is -2.41. The summed E-state index contributed by atoms with van der Waals surface area (Å²) in [5, 5.41) is 12.4. The Kier molecular flexibility index (Phi) is 9.37. The average molecular weight is 532 g/mol. The lowest BCUT2D eigenvalue weighted by Gasteiger charge is -2.19. The van der Waals surface area contributed by atoms with E-state index in [1.54, 1.807) is 24.4 Å². The van der Waals surface area contributed by atoms with Gasteiger partial charge in [-0.25, -0.2) is 14.8 Å². The van der Waals surface area contributed by atoms with Crippen molar-refractivity contribution in [1.29, 1.82) is 0 Å². The van der Waals surface area contributed by atoms with Crippen LogP contribution in [0.3, 0.4) is 0 Å². The zero-order valence-corrected chi connectivity index (χ0v) is 22.4. The number of hydrogen-bond acceptors (Lipinski definition) is 5. The minimum Gasteiger partial charge on any atom is -0.480 e. The third-order valence-electron chi connectivity index (χ3n) is 6.63. The molecule has 0 spiro atoms. The van der Waals surface area contributed by atoms with Crippen molar-refractivity contribution in [2.45, 2.75) is 38.6 Å². The van der Waals surface area contributed by atoms with Gasteiger partial charge in [-0.2, -0.15) is 11.8 Å². The summed E-state index contributed by atoms with van der Waals surface area (Å²) >= 11 is 1.55. The largest absolute Gasteiger partial charge is 0.480 e. The predicted octanol–water partition coefficient (Wildman–Crippen LogP) is 4.69. The zero-order valence-electron chi connectivity index (χ0n) is 21.6. The van der Waals surface area contributed by atoms with Gasteiger partial charge in [0.2, 0.25) is 0 Å². The molecule has 0 aliphatic heterocycles. The molecular weight excluding hydrogens is 498 g/mol. The zero-order chi connectivity index (χ0) is 26.9. The molecule has 1 atom stereocenters. The van der Waals surface area contributed by atoms with Gasteiger partial charge in [-0.1, -0.05) is 36.4 Å². The Labute approximate surface area is 226 Å². The van der Waals surface area contributed by atoms with Crippen LogP contribution in [0, 0.1) is 12.8 Å². The highest BCUT2D eigenvalue weighted by atomic mass is 32.2. The Hall–Kier alpha value is -3.85. The SMILES string of the molecule is CSCCC(NC(=O)c1ccc(CC(Cc2cnc[nH]2)Cc2cnc[nH]2)cc1-c1ccccc1C)C(=O)O. The second-order valence-electron chi connectivity index (χ2n) is 9.47. The molecule has 38 heavy (non-hydrogen) atoms. The van der Waals surface area contributed by atoms with Crippen LogP contribution in [-0.4, -0.2) is 55.0 Å². The minimum atomic E-state index is -1.03. The van der Waals surface area contributed by atoms with Gasteiger partial charge in [0.15, 0.2) is 0 Å². The number of amides is 1. The number of carbonyl (C=O) groups excluding carboxylic acids is 1. The van der Waals surface area contributed by atoms with Crippen molar-refractivity contribution in [1.82, 2.24) is 25.3 Å². The van der Waals surface area contributed by atoms with E-state index < -0.39 is 12.0 Å². The van der Waals surface area contributed by atoms with Crippen LogP contribution in [0.5, 0.6) is 0 Å². The van der Waals surface area contributed by atoms with Crippen LogP contribution in [0.25, 0.3) is 11.1 Å². The third-order valence-corrected chi connectivity index (χ3v) is 7.27. The van der Waals surface area contributed by atoms with E-state index in [1.807, 2.05) is 62.0 Å². The smallest absolute Gasteiger partial charge is 0.326 e. The summed E-state index contributed by atoms with van der Waals surface area (Å²) in [5.41, 5.74) is 6.49. The molecule has 0 aliphatic carbocycles. The molecular formula is C29H33N5O3S. The standard InChI is InChI=1S/C29H33N5O3S/c1-19-5-3-4-6-24(19)26-14-20(7-8-25(26)28(35)34-27(29(36)37)9-10-38-2)11-21(12-22-15-30-17-32-22)13-23-16-31-18-33-23/h3-8,14-18,21,27H,9-13H2,1-2H3,(H,30,32)(H,31,33)(H,34,35)(H,36,37). The molecule has 2 aromatic carbocycles. The number of carboxylic acid groups (broad SMARTS) is 1. The fourth-order valence-corrected chi connectivity index (χ4v) is 5.18. The van der Waals surface area contributed by atoms with Crippen molar-refractivity contribution in [3.63, 3.8) is 0 Å². The van der Waals surface area contributed by atoms with Crippen LogP contribution in [0.15, 0.2) is 67.5 Å². The summed E-state index contributed by atoms with van der Waals surface area (Å²) in [5.74, 6) is -0.491. The number of hydrogen-bond donors (Lipinski definition) is 4. The molecule has 198 valence electrons. The van der Waals surface area contributed by atoms with Crippen molar-refractivity contribution in [2.24, 2.45) is 5.92 Å². The van der Waals surface area contributed by atoms with E-state index in [0.717, 1.165) is 52.9 Å². The van der Waals surface area contributed by atoms with Crippen molar-refractivity contribution >= 4 is 23.6 Å². The molecule has 4 N–H and O–H groups in total. The Balaban J connectivity index is 1.65. The van der Waals surface area contributed by atoms with E-state index in [4.69, 9.17) is 0 Å². The van der Waals surface area contributed by atoms with Gasteiger partial charge >= 0.3 is 5.97 Å². The summed E-state index contributed by atoms with van der Waals surface area (Å²) in [7, 11) is 0. The molecule has 0 saturated heterocycles. The molecule has 8 nitrogen and oxygen atoms in total. The van der Waals surface area contributed by atoms with Gasteiger partial charge in [0.05, 0.1) is 12.7 Å². The lowest BCUT2D eigenvalue weighted by atomic mass is 9.87. The van der Waals surface area contributed by atoms with Crippen LogP contribution in [0.1, 0.15) is 39.3 Å². The summed E-state index contributed by atoms with van der Waals surface area (Å²) < 4.78 is 0. The maximum atomic E-state index is 13.4. The minimum absolute atomic E-state index is 0.267. The van der Waals surface area contributed by atoms with Gasteiger partial charge in [-0.15, -0.1) is 0 Å². The number of nitrogens with one attached hydrogen (secondary N) is 3. The number of H-pyrrole nitrogens is 2. The van der Waals surface area contributed by atoms with E-state index in [2.05, 4.69) is 31.3 Å². The summed E-state index contributed by atoms with van der Waals surface area (Å²) in [6, 6.07) is 12.9. The highest BCUT2D eigenvalue weighted by Crippen LogP contribution is 2.30. The molecule has 4 aromatic rings. The third kappa shape index (κ3) is 7.13. The first-order valence-corrected chi connectivity index (χ1v) is 14.0. The van der Waals surface area contributed by atoms with Crippen LogP contribution < -0.4 is 5.32 Å². The number of aromatic nitrogens is 4. The Morgan fingerprint density at radius 3 is 2.24 bits per heavy atom. The first-order chi connectivity index (χ1) is 18.4. The first kappa shape index (κ1) is 27.2. The summed E-state index contributed by atoms with van der Waals surface area (Å²) in [6.45, 7) is 2.02. The Morgan fingerprint density at radius 2 is 1.66 bits per heavy atom. The van der Waals surface area contributed by atoms with Gasteiger partial charge in [-0.3, -0.25) is 4.79 Å². The molecule has 2 heterocycles. The van der Waals surface area contributed by atoms with E-state index in [0.29, 0.717) is 17.7 Å². The number of carbonyl (C=O) groups is 2. The number of aliphatic carboxylic acids is 1.